The average Bonchev–Trinajstić information content (AvgIpc) is 2.98. The summed E-state index contributed by atoms with van der Waals surface area (Å²) in [5, 5.41) is 0. The molecule has 1 aromatic heterocycles. The normalized spacial score (nSPS) is 11.0. The summed E-state index contributed by atoms with van der Waals surface area (Å²) >= 11 is 0. The van der Waals surface area contributed by atoms with E-state index in [0.717, 1.165) is 4.57 Å². The maximum absolute atomic E-state index is 13.5. The van der Waals surface area contributed by atoms with Crippen LogP contribution in [0.4, 0.5) is 27.6 Å². The Labute approximate surface area is 147 Å². The van der Waals surface area contributed by atoms with Crippen molar-refractivity contribution in [2.75, 3.05) is 5.43 Å². The molecule has 11 heteroatoms. The third kappa shape index (κ3) is 3.35. The molecule has 0 radical (unpaired) electrons. The van der Waals surface area contributed by atoms with Gasteiger partial charge in [-0.25, -0.2) is 26.7 Å². The second-order valence-electron chi connectivity index (χ2n) is 5.36. The minimum Gasteiger partial charge on any atom is -0.408 e. The van der Waals surface area contributed by atoms with Crippen LogP contribution in [0.3, 0.4) is 0 Å². The zero-order valence-electron chi connectivity index (χ0n) is 13.3. The van der Waals surface area contributed by atoms with E-state index in [1.165, 1.54) is 0 Å². The Balaban J connectivity index is 1.69. The molecule has 2 N–H and O–H groups in total. The molecule has 0 aliphatic heterocycles. The number of aryl methyl sites for hydroxylation is 1. The van der Waals surface area contributed by atoms with Gasteiger partial charge in [-0.15, -0.1) is 0 Å². The van der Waals surface area contributed by atoms with Crippen molar-refractivity contribution in [1.29, 1.82) is 0 Å². The number of hydrogen-bond acceptors (Lipinski definition) is 4. The lowest BCUT2D eigenvalue weighted by Crippen LogP contribution is -2.32. The fourth-order valence-electron chi connectivity index (χ4n) is 2.35. The molecular weight excluding hydrogens is 377 g/mol. The minimum atomic E-state index is -2.31. The first-order valence-electron chi connectivity index (χ1n) is 7.46. The molecule has 1 amide bonds. The number of aromatic nitrogens is 1. The van der Waals surface area contributed by atoms with Gasteiger partial charge in [0.15, 0.2) is 28.9 Å². The monoisotopic (exact) mass is 387 g/mol. The van der Waals surface area contributed by atoms with Crippen LogP contribution in [0.25, 0.3) is 11.1 Å². The Kier molecular flexibility index (Phi) is 4.84. The first kappa shape index (κ1) is 18.4. The van der Waals surface area contributed by atoms with Gasteiger partial charge >= 0.3 is 5.76 Å². The molecule has 27 heavy (non-hydrogen) atoms. The third-order valence-electron chi connectivity index (χ3n) is 3.67. The van der Waals surface area contributed by atoms with E-state index in [0.29, 0.717) is 11.1 Å². The number of nitrogens with zero attached hydrogens (tertiary/aromatic N) is 1. The molecule has 3 aromatic rings. The van der Waals surface area contributed by atoms with Crippen LogP contribution in [0.5, 0.6) is 0 Å². The molecule has 0 aliphatic carbocycles. The molecule has 6 nitrogen and oxygen atoms in total. The molecule has 0 atom stereocenters. The van der Waals surface area contributed by atoms with Gasteiger partial charge in [0.25, 0.3) is 0 Å². The first-order chi connectivity index (χ1) is 12.8. The van der Waals surface area contributed by atoms with Crippen molar-refractivity contribution in [2.45, 2.75) is 13.0 Å². The van der Waals surface area contributed by atoms with Crippen LogP contribution in [0.15, 0.2) is 33.5 Å². The molecule has 0 fully saturated rings. The van der Waals surface area contributed by atoms with Gasteiger partial charge in [-0.2, -0.15) is 0 Å². The van der Waals surface area contributed by atoms with E-state index in [2.05, 4.69) is 0 Å². The van der Waals surface area contributed by atoms with Crippen molar-refractivity contribution in [2.24, 2.45) is 0 Å². The Morgan fingerprint density at radius 3 is 2.22 bits per heavy atom. The second kappa shape index (κ2) is 7.09. The maximum atomic E-state index is 13.5. The van der Waals surface area contributed by atoms with Crippen molar-refractivity contribution in [1.82, 2.24) is 9.99 Å². The molecular formula is C16H10F5N3O3. The van der Waals surface area contributed by atoms with Gasteiger partial charge in [-0.05, 0) is 12.1 Å². The molecule has 0 saturated heterocycles. The van der Waals surface area contributed by atoms with Gasteiger partial charge in [0, 0.05) is 13.0 Å². The van der Waals surface area contributed by atoms with E-state index in [9.17, 15) is 31.5 Å². The van der Waals surface area contributed by atoms with E-state index >= 15 is 0 Å². The number of fused-ring (bicyclic) bond motifs is 1. The van der Waals surface area contributed by atoms with Crippen molar-refractivity contribution >= 4 is 22.7 Å². The molecule has 0 bridgehead atoms. The van der Waals surface area contributed by atoms with Crippen LogP contribution in [-0.4, -0.2) is 10.5 Å². The van der Waals surface area contributed by atoms with Gasteiger partial charge in [-0.3, -0.25) is 20.2 Å². The molecule has 3 rings (SSSR count). The van der Waals surface area contributed by atoms with Gasteiger partial charge in [0.05, 0.1) is 5.52 Å². The summed E-state index contributed by atoms with van der Waals surface area (Å²) in [6, 6.07) is 6.44. The van der Waals surface area contributed by atoms with Crippen molar-refractivity contribution in [3.63, 3.8) is 0 Å². The van der Waals surface area contributed by atoms with Crippen molar-refractivity contribution in [3.05, 3.63) is 63.9 Å². The van der Waals surface area contributed by atoms with Crippen molar-refractivity contribution in [3.8, 4) is 0 Å². The van der Waals surface area contributed by atoms with Crippen LogP contribution >= 0.6 is 0 Å². The molecule has 0 saturated carbocycles. The van der Waals surface area contributed by atoms with E-state index in [4.69, 9.17) is 4.42 Å². The smallest absolute Gasteiger partial charge is 0.408 e. The molecule has 0 spiro atoms. The number of hydrazine groups is 1. The number of amides is 1. The summed E-state index contributed by atoms with van der Waals surface area (Å²) in [4.78, 5) is 23.5. The predicted molar refractivity (Wildman–Crippen MR) is 83.1 cm³/mol. The first-order valence-corrected chi connectivity index (χ1v) is 7.46. The number of hydrogen-bond donors (Lipinski definition) is 2. The number of nitrogens with one attached hydrogen (secondary N) is 2. The molecule has 0 aliphatic rings. The largest absolute Gasteiger partial charge is 0.419 e. The summed E-state index contributed by atoms with van der Waals surface area (Å²) in [5.74, 6) is -12.4. The predicted octanol–water partition coefficient (Wildman–Crippen LogP) is 2.82. The number of para-hydroxylation sites is 2. The summed E-state index contributed by atoms with van der Waals surface area (Å²) in [6.07, 6.45) is -0.341. The number of rotatable bonds is 5. The highest BCUT2D eigenvalue weighted by molar-refractivity contribution is 5.78. The van der Waals surface area contributed by atoms with E-state index < -0.39 is 46.4 Å². The summed E-state index contributed by atoms with van der Waals surface area (Å²) in [7, 11) is 0. The molecule has 2 aromatic carbocycles. The topological polar surface area (TPSA) is 76.3 Å². The lowest BCUT2D eigenvalue weighted by Gasteiger charge is -2.12. The van der Waals surface area contributed by atoms with Crippen LogP contribution in [0.1, 0.15) is 6.42 Å². The van der Waals surface area contributed by atoms with Gasteiger partial charge in [0.2, 0.25) is 11.7 Å². The quantitative estimate of drug-likeness (QED) is 0.306. The van der Waals surface area contributed by atoms with Crippen LogP contribution in [0, 0.1) is 29.1 Å². The average molecular weight is 387 g/mol. The van der Waals surface area contributed by atoms with Gasteiger partial charge < -0.3 is 4.42 Å². The highest BCUT2D eigenvalue weighted by atomic mass is 19.2. The van der Waals surface area contributed by atoms with Crippen LogP contribution < -0.4 is 16.6 Å². The fourth-order valence-corrected chi connectivity index (χ4v) is 2.35. The Morgan fingerprint density at radius 1 is 0.963 bits per heavy atom. The molecule has 142 valence electrons. The standard InChI is InChI=1S/C16H10F5N3O3/c17-10-11(18)13(20)15(14(21)12(10)19)23-22-9(25)5-6-24-7-3-1-2-4-8(7)27-16(24)26/h1-4,23H,5-6H2,(H,22,25). The number of carbonyl (C=O) groups is 1. The van der Waals surface area contributed by atoms with Crippen molar-refractivity contribution < 1.29 is 31.2 Å². The number of halogens is 5. The number of benzene rings is 2. The third-order valence-corrected chi connectivity index (χ3v) is 3.67. The SMILES string of the molecule is O=C(CCn1c(=O)oc2ccccc21)NNc1c(F)c(F)c(F)c(F)c1F. The van der Waals surface area contributed by atoms with Gasteiger partial charge in [0.1, 0.15) is 5.69 Å². The van der Waals surface area contributed by atoms with E-state index in [-0.39, 0.29) is 13.0 Å². The maximum Gasteiger partial charge on any atom is 0.419 e. The Morgan fingerprint density at radius 2 is 1.56 bits per heavy atom. The van der Waals surface area contributed by atoms with Crippen LogP contribution in [-0.2, 0) is 11.3 Å². The minimum absolute atomic E-state index is 0.138. The second-order valence-corrected chi connectivity index (χ2v) is 5.36. The summed E-state index contributed by atoms with van der Waals surface area (Å²) in [6.45, 7) is -0.138. The van der Waals surface area contributed by atoms with E-state index in [1.807, 2.05) is 5.43 Å². The number of carbonyl (C=O) groups excluding carboxylic acids is 1. The lowest BCUT2D eigenvalue weighted by atomic mass is 10.2. The molecule has 1 heterocycles. The Hall–Kier alpha value is -3.37. The number of anilines is 1. The van der Waals surface area contributed by atoms with Crippen LogP contribution in [0.2, 0.25) is 0 Å². The highest BCUT2D eigenvalue weighted by Crippen LogP contribution is 2.26. The summed E-state index contributed by atoms with van der Waals surface area (Å²) < 4.78 is 72.3. The number of oxazole rings is 1. The zero-order chi connectivity index (χ0) is 19.7. The Bertz CT molecular complexity index is 1060. The molecule has 0 unspecified atom stereocenters. The summed E-state index contributed by atoms with van der Waals surface area (Å²) in [5.41, 5.74) is 2.82. The van der Waals surface area contributed by atoms with Gasteiger partial charge in [-0.1, -0.05) is 12.1 Å². The fraction of sp³-hybridized carbons (Fsp3) is 0.125. The van der Waals surface area contributed by atoms with E-state index in [1.54, 1.807) is 29.7 Å². The lowest BCUT2D eigenvalue weighted by molar-refractivity contribution is -0.120. The zero-order valence-corrected chi connectivity index (χ0v) is 13.3. The highest BCUT2D eigenvalue weighted by Gasteiger charge is 2.26.